The number of nitro groups is 1. The van der Waals surface area contributed by atoms with E-state index >= 15 is 0 Å². The average molecular weight is 293 g/mol. The summed E-state index contributed by atoms with van der Waals surface area (Å²) in [7, 11) is 0. The minimum atomic E-state index is -0.325. The minimum Gasteiger partial charge on any atom is -0.385 e. The van der Waals surface area contributed by atoms with Gasteiger partial charge in [0.25, 0.3) is 5.69 Å². The lowest BCUT2D eigenvalue weighted by Gasteiger charge is -2.31. The van der Waals surface area contributed by atoms with Crippen LogP contribution in [0.4, 0.5) is 17.1 Å². The highest BCUT2D eigenvalue weighted by atomic mass is 16.6. The van der Waals surface area contributed by atoms with Crippen molar-refractivity contribution in [2.45, 2.75) is 47.1 Å². The molecule has 0 aliphatic heterocycles. The largest absolute Gasteiger partial charge is 0.385 e. The molecule has 0 saturated heterocycles. The molecule has 1 rings (SSSR count). The van der Waals surface area contributed by atoms with E-state index in [4.69, 9.17) is 0 Å². The second-order valence-electron chi connectivity index (χ2n) is 6.06. The van der Waals surface area contributed by atoms with Gasteiger partial charge >= 0.3 is 0 Å². The van der Waals surface area contributed by atoms with Gasteiger partial charge in [-0.15, -0.1) is 0 Å². The van der Waals surface area contributed by atoms with Crippen molar-refractivity contribution in [2.24, 2.45) is 5.92 Å². The zero-order valence-corrected chi connectivity index (χ0v) is 13.7. The third kappa shape index (κ3) is 5.25. The van der Waals surface area contributed by atoms with Gasteiger partial charge in [0.05, 0.1) is 4.92 Å². The first-order valence-electron chi connectivity index (χ1n) is 7.65. The van der Waals surface area contributed by atoms with E-state index in [0.29, 0.717) is 12.0 Å². The van der Waals surface area contributed by atoms with Gasteiger partial charge < -0.3 is 10.2 Å². The number of anilines is 2. The fourth-order valence-electron chi connectivity index (χ4n) is 2.25. The van der Waals surface area contributed by atoms with Gasteiger partial charge in [0.15, 0.2) is 0 Å². The normalized spacial score (nSPS) is 11.0. The highest BCUT2D eigenvalue weighted by Crippen LogP contribution is 2.29. The molecule has 0 bridgehead atoms. The predicted octanol–water partition coefficient (Wildman–Crippen LogP) is 4.29. The monoisotopic (exact) mass is 293 g/mol. The van der Waals surface area contributed by atoms with Crippen LogP contribution in [-0.2, 0) is 0 Å². The van der Waals surface area contributed by atoms with E-state index < -0.39 is 0 Å². The molecule has 0 unspecified atom stereocenters. The van der Waals surface area contributed by atoms with Crippen molar-refractivity contribution >= 4 is 17.1 Å². The standard InChI is InChI=1S/C16H27N3O2/c1-6-7-17-14-8-15(10-16(9-14)19(20)21)18(13(4)5)11-12(2)3/h8-10,12-13,17H,6-7,11H2,1-5H3. The summed E-state index contributed by atoms with van der Waals surface area (Å²) in [6, 6.07) is 5.57. The van der Waals surface area contributed by atoms with Crippen molar-refractivity contribution in [3.05, 3.63) is 28.3 Å². The Kier molecular flexibility index (Phi) is 6.46. The Morgan fingerprint density at radius 3 is 2.38 bits per heavy atom. The molecule has 0 aliphatic carbocycles. The lowest BCUT2D eigenvalue weighted by atomic mass is 10.1. The Morgan fingerprint density at radius 1 is 1.24 bits per heavy atom. The highest BCUT2D eigenvalue weighted by Gasteiger charge is 2.17. The minimum absolute atomic E-state index is 0.139. The van der Waals surface area contributed by atoms with Crippen molar-refractivity contribution in [3.8, 4) is 0 Å². The summed E-state index contributed by atoms with van der Waals surface area (Å²) in [5, 5.41) is 14.4. The van der Waals surface area contributed by atoms with Crippen LogP contribution in [0.5, 0.6) is 0 Å². The molecular weight excluding hydrogens is 266 g/mol. The van der Waals surface area contributed by atoms with Crippen LogP contribution in [0, 0.1) is 16.0 Å². The van der Waals surface area contributed by atoms with Crippen LogP contribution in [0.25, 0.3) is 0 Å². The van der Waals surface area contributed by atoms with Crippen molar-refractivity contribution < 1.29 is 4.92 Å². The summed E-state index contributed by atoms with van der Waals surface area (Å²) in [5.74, 6) is 0.499. The van der Waals surface area contributed by atoms with E-state index in [9.17, 15) is 10.1 Å². The quantitative estimate of drug-likeness (QED) is 0.574. The molecule has 0 fully saturated rings. The molecule has 0 radical (unpaired) electrons. The number of benzene rings is 1. The fraction of sp³-hybridized carbons (Fsp3) is 0.625. The number of hydrogen-bond acceptors (Lipinski definition) is 4. The van der Waals surface area contributed by atoms with Gasteiger partial charge in [0.1, 0.15) is 0 Å². The summed E-state index contributed by atoms with van der Waals surface area (Å²) in [4.78, 5) is 13.0. The van der Waals surface area contributed by atoms with E-state index in [1.165, 1.54) is 0 Å². The maximum Gasteiger partial charge on any atom is 0.273 e. The molecule has 0 heterocycles. The number of hydrogen-bond donors (Lipinski definition) is 1. The maximum absolute atomic E-state index is 11.2. The second-order valence-corrected chi connectivity index (χ2v) is 6.06. The molecule has 5 heteroatoms. The third-order valence-corrected chi connectivity index (χ3v) is 3.21. The van der Waals surface area contributed by atoms with E-state index in [1.807, 2.05) is 6.07 Å². The molecule has 0 spiro atoms. The summed E-state index contributed by atoms with van der Waals surface area (Å²) in [5.41, 5.74) is 1.86. The summed E-state index contributed by atoms with van der Waals surface area (Å²) in [6.45, 7) is 12.3. The van der Waals surface area contributed by atoms with Crippen LogP contribution >= 0.6 is 0 Å². The van der Waals surface area contributed by atoms with Crippen molar-refractivity contribution in [1.29, 1.82) is 0 Å². The molecule has 1 aromatic carbocycles. The fourth-order valence-corrected chi connectivity index (χ4v) is 2.25. The maximum atomic E-state index is 11.2. The average Bonchev–Trinajstić information content (AvgIpc) is 2.41. The van der Waals surface area contributed by atoms with Gasteiger partial charge in [-0.05, 0) is 32.3 Å². The number of rotatable bonds is 8. The Morgan fingerprint density at radius 2 is 1.90 bits per heavy atom. The van der Waals surface area contributed by atoms with Gasteiger partial charge in [-0.2, -0.15) is 0 Å². The molecule has 0 saturated carbocycles. The van der Waals surface area contributed by atoms with E-state index in [0.717, 1.165) is 30.9 Å². The molecule has 0 aliphatic rings. The van der Waals surface area contributed by atoms with E-state index in [1.54, 1.807) is 12.1 Å². The van der Waals surface area contributed by atoms with Crippen molar-refractivity contribution in [2.75, 3.05) is 23.3 Å². The molecule has 0 atom stereocenters. The van der Waals surface area contributed by atoms with E-state index in [-0.39, 0.29) is 10.6 Å². The molecule has 0 amide bonds. The van der Waals surface area contributed by atoms with E-state index in [2.05, 4.69) is 44.8 Å². The highest BCUT2D eigenvalue weighted by molar-refractivity contribution is 5.64. The SMILES string of the molecule is CCCNc1cc(N(CC(C)C)C(C)C)cc([N+](=O)[O-])c1. The van der Waals surface area contributed by atoms with Crippen molar-refractivity contribution in [1.82, 2.24) is 0 Å². The number of nitrogens with one attached hydrogen (secondary N) is 1. The van der Waals surface area contributed by atoms with Crippen molar-refractivity contribution in [3.63, 3.8) is 0 Å². The first-order chi connectivity index (χ1) is 9.85. The Hall–Kier alpha value is -1.78. The molecule has 21 heavy (non-hydrogen) atoms. The summed E-state index contributed by atoms with van der Waals surface area (Å²) >= 11 is 0. The zero-order valence-electron chi connectivity index (χ0n) is 13.7. The van der Waals surface area contributed by atoms with Crippen LogP contribution in [0.1, 0.15) is 41.0 Å². The molecular formula is C16H27N3O2. The van der Waals surface area contributed by atoms with Crippen LogP contribution in [0.2, 0.25) is 0 Å². The number of non-ortho nitro benzene ring substituents is 1. The lowest BCUT2D eigenvalue weighted by Crippen LogP contribution is -2.34. The van der Waals surface area contributed by atoms with Gasteiger partial charge in [-0.25, -0.2) is 0 Å². The van der Waals surface area contributed by atoms with Crippen LogP contribution in [0.15, 0.2) is 18.2 Å². The topological polar surface area (TPSA) is 58.4 Å². The van der Waals surface area contributed by atoms with Crippen LogP contribution < -0.4 is 10.2 Å². The number of nitro benzene ring substituents is 1. The molecule has 1 N–H and O–H groups in total. The Balaban J connectivity index is 3.17. The number of nitrogens with zero attached hydrogens (tertiary/aromatic N) is 2. The predicted molar refractivity (Wildman–Crippen MR) is 89.2 cm³/mol. The van der Waals surface area contributed by atoms with Gasteiger partial charge in [-0.1, -0.05) is 20.8 Å². The third-order valence-electron chi connectivity index (χ3n) is 3.21. The van der Waals surface area contributed by atoms with Crippen LogP contribution in [-0.4, -0.2) is 24.1 Å². The van der Waals surface area contributed by atoms with Crippen LogP contribution in [0.3, 0.4) is 0 Å². The molecule has 5 nitrogen and oxygen atoms in total. The van der Waals surface area contributed by atoms with Gasteiger partial charge in [0.2, 0.25) is 0 Å². The van der Waals surface area contributed by atoms with Gasteiger partial charge in [-0.3, -0.25) is 10.1 Å². The smallest absolute Gasteiger partial charge is 0.273 e. The Bertz CT molecular complexity index is 473. The first kappa shape index (κ1) is 17.3. The molecule has 118 valence electrons. The lowest BCUT2D eigenvalue weighted by molar-refractivity contribution is -0.384. The first-order valence-corrected chi connectivity index (χ1v) is 7.65. The second kappa shape index (κ2) is 7.86. The summed E-state index contributed by atoms with van der Waals surface area (Å²) in [6.07, 6.45) is 0.984. The zero-order chi connectivity index (χ0) is 16.0. The Labute approximate surface area is 127 Å². The van der Waals surface area contributed by atoms with Gasteiger partial charge in [0, 0.05) is 42.6 Å². The molecule has 0 aromatic heterocycles. The molecule has 1 aromatic rings. The summed E-state index contributed by atoms with van der Waals surface area (Å²) < 4.78 is 0.